The van der Waals surface area contributed by atoms with E-state index < -0.39 is 0 Å². The molecule has 0 amide bonds. The molecule has 2 unspecified atom stereocenters. The standard InChI is InChI=1S/C8H17NO2/c1-6(2)8(10)7-5-9-3-4-11-7/h6-10H,3-5H2,1-2H3. The van der Waals surface area contributed by atoms with Crippen LogP contribution in [0.3, 0.4) is 0 Å². The van der Waals surface area contributed by atoms with Crippen LogP contribution in [0.4, 0.5) is 0 Å². The Morgan fingerprint density at radius 1 is 1.55 bits per heavy atom. The summed E-state index contributed by atoms with van der Waals surface area (Å²) in [5.74, 6) is 0.278. The van der Waals surface area contributed by atoms with E-state index in [1.807, 2.05) is 13.8 Å². The third-order valence-electron chi connectivity index (χ3n) is 2.02. The number of aliphatic hydroxyl groups excluding tert-OH is 1. The zero-order valence-corrected chi connectivity index (χ0v) is 7.21. The van der Waals surface area contributed by atoms with Crippen molar-refractivity contribution >= 4 is 0 Å². The first kappa shape index (κ1) is 8.97. The highest BCUT2D eigenvalue weighted by Gasteiger charge is 2.24. The number of aliphatic hydroxyl groups is 1. The molecular formula is C8H17NO2. The lowest BCUT2D eigenvalue weighted by Crippen LogP contribution is -2.46. The number of rotatable bonds is 2. The van der Waals surface area contributed by atoms with Crippen LogP contribution in [0.15, 0.2) is 0 Å². The van der Waals surface area contributed by atoms with Crippen molar-refractivity contribution in [1.29, 1.82) is 0 Å². The summed E-state index contributed by atoms with van der Waals surface area (Å²) in [5.41, 5.74) is 0. The molecule has 1 rings (SSSR count). The van der Waals surface area contributed by atoms with E-state index in [1.165, 1.54) is 0 Å². The van der Waals surface area contributed by atoms with Gasteiger partial charge in [-0.25, -0.2) is 0 Å². The summed E-state index contributed by atoms with van der Waals surface area (Å²) in [6, 6.07) is 0. The van der Waals surface area contributed by atoms with Crippen molar-refractivity contribution < 1.29 is 9.84 Å². The number of hydrogen-bond donors (Lipinski definition) is 2. The second kappa shape index (κ2) is 4.04. The molecule has 1 fully saturated rings. The van der Waals surface area contributed by atoms with Crippen molar-refractivity contribution in [3.05, 3.63) is 0 Å². The molecule has 3 heteroatoms. The SMILES string of the molecule is CC(C)C(O)C1CNCCO1. The second-order valence-corrected chi connectivity index (χ2v) is 3.35. The average Bonchev–Trinajstić information content (AvgIpc) is 2.05. The van der Waals surface area contributed by atoms with Crippen LogP contribution in [-0.2, 0) is 4.74 Å². The van der Waals surface area contributed by atoms with Crippen molar-refractivity contribution in [2.45, 2.75) is 26.1 Å². The van der Waals surface area contributed by atoms with Gasteiger partial charge in [0.15, 0.2) is 0 Å². The fourth-order valence-corrected chi connectivity index (χ4v) is 1.23. The van der Waals surface area contributed by atoms with Crippen LogP contribution in [0.5, 0.6) is 0 Å². The Balaban J connectivity index is 2.32. The zero-order chi connectivity index (χ0) is 8.27. The summed E-state index contributed by atoms with van der Waals surface area (Å²) in [7, 11) is 0. The highest BCUT2D eigenvalue weighted by molar-refractivity contribution is 4.76. The molecular weight excluding hydrogens is 142 g/mol. The van der Waals surface area contributed by atoms with Gasteiger partial charge in [-0.3, -0.25) is 0 Å². The van der Waals surface area contributed by atoms with Gasteiger partial charge in [-0.1, -0.05) is 13.8 Å². The lowest BCUT2D eigenvalue weighted by atomic mass is 10.0. The Morgan fingerprint density at radius 3 is 2.73 bits per heavy atom. The van der Waals surface area contributed by atoms with Crippen molar-refractivity contribution in [3.8, 4) is 0 Å². The quantitative estimate of drug-likeness (QED) is 0.595. The fourth-order valence-electron chi connectivity index (χ4n) is 1.23. The molecule has 0 aromatic heterocycles. The van der Waals surface area contributed by atoms with Gasteiger partial charge in [0.25, 0.3) is 0 Å². The summed E-state index contributed by atoms with van der Waals surface area (Å²) in [6.45, 7) is 6.40. The van der Waals surface area contributed by atoms with Crippen LogP contribution in [0.25, 0.3) is 0 Å². The minimum atomic E-state index is -0.331. The first-order valence-electron chi connectivity index (χ1n) is 4.22. The lowest BCUT2D eigenvalue weighted by Gasteiger charge is -2.29. The Bertz CT molecular complexity index is 111. The molecule has 11 heavy (non-hydrogen) atoms. The molecule has 1 saturated heterocycles. The zero-order valence-electron chi connectivity index (χ0n) is 7.21. The third-order valence-corrected chi connectivity index (χ3v) is 2.02. The van der Waals surface area contributed by atoms with E-state index in [1.54, 1.807) is 0 Å². The van der Waals surface area contributed by atoms with Crippen molar-refractivity contribution in [3.63, 3.8) is 0 Å². The minimum absolute atomic E-state index is 0.0104. The molecule has 0 aliphatic carbocycles. The molecule has 66 valence electrons. The van der Waals surface area contributed by atoms with Crippen LogP contribution in [-0.4, -0.2) is 37.0 Å². The monoisotopic (exact) mass is 159 g/mol. The number of morpholine rings is 1. The summed E-state index contributed by atoms with van der Waals surface area (Å²) in [6.07, 6.45) is -0.341. The van der Waals surface area contributed by atoms with E-state index in [-0.39, 0.29) is 18.1 Å². The summed E-state index contributed by atoms with van der Waals surface area (Å²) >= 11 is 0. The average molecular weight is 159 g/mol. The van der Waals surface area contributed by atoms with E-state index in [0.29, 0.717) is 6.61 Å². The largest absolute Gasteiger partial charge is 0.390 e. The first-order chi connectivity index (χ1) is 5.22. The molecule has 0 spiro atoms. The van der Waals surface area contributed by atoms with Gasteiger partial charge in [-0.2, -0.15) is 0 Å². The van der Waals surface area contributed by atoms with Crippen molar-refractivity contribution in [1.82, 2.24) is 5.32 Å². The first-order valence-corrected chi connectivity index (χ1v) is 4.22. The summed E-state index contributed by atoms with van der Waals surface area (Å²) in [5, 5.41) is 12.8. The molecule has 0 aromatic rings. The lowest BCUT2D eigenvalue weighted by molar-refractivity contribution is -0.0687. The Morgan fingerprint density at radius 2 is 2.27 bits per heavy atom. The molecule has 3 nitrogen and oxygen atoms in total. The van der Waals surface area contributed by atoms with Gasteiger partial charge >= 0.3 is 0 Å². The van der Waals surface area contributed by atoms with Gasteiger partial charge in [-0.15, -0.1) is 0 Å². The Labute approximate surface area is 67.7 Å². The van der Waals surface area contributed by atoms with Gasteiger partial charge in [0, 0.05) is 13.1 Å². The number of nitrogens with one attached hydrogen (secondary N) is 1. The maximum Gasteiger partial charge on any atom is 0.0960 e. The van der Waals surface area contributed by atoms with Gasteiger partial charge < -0.3 is 15.2 Å². The predicted molar refractivity (Wildman–Crippen MR) is 43.5 cm³/mol. The maximum atomic E-state index is 9.59. The second-order valence-electron chi connectivity index (χ2n) is 3.35. The number of ether oxygens (including phenoxy) is 1. The van der Waals surface area contributed by atoms with Crippen LogP contribution in [0, 0.1) is 5.92 Å². The van der Waals surface area contributed by atoms with Gasteiger partial charge in [0.1, 0.15) is 0 Å². The van der Waals surface area contributed by atoms with E-state index >= 15 is 0 Å². The van der Waals surface area contributed by atoms with Crippen LogP contribution in [0.1, 0.15) is 13.8 Å². The molecule has 0 bridgehead atoms. The third kappa shape index (κ3) is 2.43. The molecule has 0 aromatic carbocycles. The summed E-state index contributed by atoms with van der Waals surface area (Å²) < 4.78 is 5.39. The Hall–Kier alpha value is -0.120. The molecule has 1 aliphatic rings. The molecule has 0 saturated carbocycles. The molecule has 1 heterocycles. The van der Waals surface area contributed by atoms with E-state index in [4.69, 9.17) is 4.74 Å². The van der Waals surface area contributed by atoms with E-state index in [0.717, 1.165) is 13.1 Å². The van der Waals surface area contributed by atoms with Crippen LogP contribution >= 0.6 is 0 Å². The van der Waals surface area contributed by atoms with Gasteiger partial charge in [-0.05, 0) is 5.92 Å². The molecule has 0 radical (unpaired) electrons. The van der Waals surface area contributed by atoms with E-state index in [9.17, 15) is 5.11 Å². The Kier molecular flexibility index (Phi) is 3.30. The van der Waals surface area contributed by atoms with Crippen LogP contribution < -0.4 is 5.32 Å². The highest BCUT2D eigenvalue weighted by Crippen LogP contribution is 2.10. The molecule has 2 atom stereocenters. The fraction of sp³-hybridized carbons (Fsp3) is 1.00. The van der Waals surface area contributed by atoms with Crippen molar-refractivity contribution in [2.75, 3.05) is 19.7 Å². The highest BCUT2D eigenvalue weighted by atomic mass is 16.5. The van der Waals surface area contributed by atoms with Gasteiger partial charge in [0.05, 0.1) is 18.8 Å². The topological polar surface area (TPSA) is 41.5 Å². The van der Waals surface area contributed by atoms with Crippen molar-refractivity contribution in [2.24, 2.45) is 5.92 Å². The number of hydrogen-bond acceptors (Lipinski definition) is 3. The van der Waals surface area contributed by atoms with Gasteiger partial charge in [0.2, 0.25) is 0 Å². The van der Waals surface area contributed by atoms with E-state index in [2.05, 4.69) is 5.32 Å². The molecule has 2 N–H and O–H groups in total. The molecule has 1 aliphatic heterocycles. The normalized spacial score (nSPS) is 28.9. The maximum absolute atomic E-state index is 9.59. The predicted octanol–water partition coefficient (Wildman–Crippen LogP) is -0.00830. The minimum Gasteiger partial charge on any atom is -0.390 e. The summed E-state index contributed by atoms with van der Waals surface area (Å²) in [4.78, 5) is 0. The van der Waals surface area contributed by atoms with Crippen LogP contribution in [0.2, 0.25) is 0 Å². The smallest absolute Gasteiger partial charge is 0.0960 e.